The fraction of sp³-hybridized carbons (Fsp3) is 0.421. The average molecular weight is 372 g/mol. The molecule has 7 heteroatoms. The molecule has 2 aromatic rings. The second-order valence-electron chi connectivity index (χ2n) is 6.52. The number of thiazole rings is 1. The standard InChI is InChI=1S/C19H24N4O2S/c1-14-4-3-5-15(10-14)19-21-16(13-26-19)11-18(25)23-8-6-22(7-9-23)12-17(24)20-2/h3-5,10,13H,6-9,11-12H2,1-2H3,(H,20,24). The van der Waals surface area contributed by atoms with E-state index in [1.54, 1.807) is 18.4 Å². The van der Waals surface area contributed by atoms with Crippen molar-refractivity contribution in [1.82, 2.24) is 20.1 Å². The van der Waals surface area contributed by atoms with Crippen LogP contribution in [0.15, 0.2) is 29.6 Å². The Hall–Kier alpha value is -2.25. The van der Waals surface area contributed by atoms with Crippen LogP contribution in [0.2, 0.25) is 0 Å². The molecule has 2 heterocycles. The molecule has 1 aliphatic rings. The van der Waals surface area contributed by atoms with Gasteiger partial charge in [-0.05, 0) is 13.0 Å². The molecule has 1 aliphatic heterocycles. The summed E-state index contributed by atoms with van der Waals surface area (Å²) in [6.45, 7) is 5.22. The number of aryl methyl sites for hydroxylation is 1. The maximum atomic E-state index is 12.5. The molecule has 0 bridgehead atoms. The van der Waals surface area contributed by atoms with E-state index in [4.69, 9.17) is 0 Å². The van der Waals surface area contributed by atoms with Crippen molar-refractivity contribution in [3.05, 3.63) is 40.9 Å². The predicted molar refractivity (Wildman–Crippen MR) is 103 cm³/mol. The van der Waals surface area contributed by atoms with Crippen molar-refractivity contribution in [1.29, 1.82) is 0 Å². The first kappa shape index (κ1) is 18.5. The molecule has 1 fully saturated rings. The molecular formula is C19H24N4O2S. The molecule has 3 rings (SSSR count). The number of hydrogen-bond acceptors (Lipinski definition) is 5. The van der Waals surface area contributed by atoms with Gasteiger partial charge >= 0.3 is 0 Å². The Labute approximate surface area is 157 Å². The highest BCUT2D eigenvalue weighted by Crippen LogP contribution is 2.24. The second kappa shape index (κ2) is 8.42. The van der Waals surface area contributed by atoms with E-state index >= 15 is 0 Å². The number of piperazine rings is 1. The van der Waals surface area contributed by atoms with E-state index in [2.05, 4.69) is 34.3 Å². The Kier molecular flexibility index (Phi) is 6.00. The zero-order chi connectivity index (χ0) is 18.5. The third-order valence-corrected chi connectivity index (χ3v) is 5.46. The molecule has 1 saturated heterocycles. The molecule has 1 aromatic carbocycles. The van der Waals surface area contributed by atoms with E-state index in [1.807, 2.05) is 22.4 Å². The number of likely N-dealkylation sites (N-methyl/N-ethyl adjacent to an activating group) is 1. The topological polar surface area (TPSA) is 65.5 Å². The molecule has 1 aromatic heterocycles. The van der Waals surface area contributed by atoms with Crippen LogP contribution in [0, 0.1) is 6.92 Å². The van der Waals surface area contributed by atoms with E-state index in [1.165, 1.54) is 5.56 Å². The summed E-state index contributed by atoms with van der Waals surface area (Å²) in [7, 11) is 1.64. The molecule has 0 saturated carbocycles. The number of nitrogens with one attached hydrogen (secondary N) is 1. The number of benzene rings is 1. The van der Waals surface area contributed by atoms with E-state index in [0.717, 1.165) is 29.4 Å². The fourth-order valence-corrected chi connectivity index (χ4v) is 3.82. The van der Waals surface area contributed by atoms with Gasteiger partial charge in [0.2, 0.25) is 11.8 Å². The van der Waals surface area contributed by atoms with Crippen molar-refractivity contribution in [3.63, 3.8) is 0 Å². The number of aromatic nitrogens is 1. The van der Waals surface area contributed by atoms with Crippen LogP contribution in [0.3, 0.4) is 0 Å². The molecular weight excluding hydrogens is 348 g/mol. The van der Waals surface area contributed by atoms with E-state index < -0.39 is 0 Å². The predicted octanol–water partition coefficient (Wildman–Crippen LogP) is 1.55. The lowest BCUT2D eigenvalue weighted by Gasteiger charge is -2.34. The maximum Gasteiger partial charge on any atom is 0.233 e. The molecule has 1 N–H and O–H groups in total. The summed E-state index contributed by atoms with van der Waals surface area (Å²) in [6, 6.07) is 8.24. The number of nitrogens with zero attached hydrogens (tertiary/aromatic N) is 3. The van der Waals surface area contributed by atoms with Crippen LogP contribution in [-0.2, 0) is 16.0 Å². The van der Waals surface area contributed by atoms with Gasteiger partial charge in [-0.1, -0.05) is 23.8 Å². The van der Waals surface area contributed by atoms with Gasteiger partial charge in [0.05, 0.1) is 18.7 Å². The van der Waals surface area contributed by atoms with Gasteiger partial charge in [-0.2, -0.15) is 0 Å². The van der Waals surface area contributed by atoms with Crippen molar-refractivity contribution < 1.29 is 9.59 Å². The van der Waals surface area contributed by atoms with Gasteiger partial charge in [0.25, 0.3) is 0 Å². The second-order valence-corrected chi connectivity index (χ2v) is 7.38. The first-order chi connectivity index (χ1) is 12.5. The highest BCUT2D eigenvalue weighted by Gasteiger charge is 2.22. The van der Waals surface area contributed by atoms with Gasteiger partial charge in [-0.15, -0.1) is 11.3 Å². The minimum Gasteiger partial charge on any atom is -0.358 e. The van der Waals surface area contributed by atoms with Crippen molar-refractivity contribution in [3.8, 4) is 10.6 Å². The molecule has 0 radical (unpaired) electrons. The van der Waals surface area contributed by atoms with E-state index in [-0.39, 0.29) is 11.8 Å². The first-order valence-corrected chi connectivity index (χ1v) is 9.65. The Morgan fingerprint density at radius 1 is 1.23 bits per heavy atom. The molecule has 6 nitrogen and oxygen atoms in total. The van der Waals surface area contributed by atoms with Crippen LogP contribution in [0.25, 0.3) is 10.6 Å². The number of amides is 2. The van der Waals surface area contributed by atoms with Crippen LogP contribution in [0.5, 0.6) is 0 Å². The van der Waals surface area contributed by atoms with Gasteiger partial charge in [-0.3, -0.25) is 14.5 Å². The fourth-order valence-electron chi connectivity index (χ4n) is 3.00. The van der Waals surface area contributed by atoms with Crippen molar-refractivity contribution >= 4 is 23.2 Å². The third-order valence-electron chi connectivity index (χ3n) is 4.52. The first-order valence-electron chi connectivity index (χ1n) is 8.77. The zero-order valence-electron chi connectivity index (χ0n) is 15.2. The molecule has 0 unspecified atom stereocenters. The molecule has 26 heavy (non-hydrogen) atoms. The van der Waals surface area contributed by atoms with Crippen molar-refractivity contribution in [2.45, 2.75) is 13.3 Å². The van der Waals surface area contributed by atoms with Crippen LogP contribution in [0.4, 0.5) is 0 Å². The summed E-state index contributed by atoms with van der Waals surface area (Å²) < 4.78 is 0. The molecule has 0 spiro atoms. The summed E-state index contributed by atoms with van der Waals surface area (Å²) in [4.78, 5) is 32.5. The lowest BCUT2D eigenvalue weighted by atomic mass is 10.1. The Bertz CT molecular complexity index is 781. The van der Waals surface area contributed by atoms with Crippen molar-refractivity contribution in [2.24, 2.45) is 0 Å². The number of carbonyl (C=O) groups excluding carboxylic acids is 2. The van der Waals surface area contributed by atoms with Crippen LogP contribution < -0.4 is 5.32 Å². The lowest BCUT2D eigenvalue weighted by molar-refractivity contribution is -0.132. The average Bonchev–Trinajstić information content (AvgIpc) is 3.10. The van der Waals surface area contributed by atoms with Gasteiger partial charge in [0, 0.05) is 44.2 Å². The zero-order valence-corrected chi connectivity index (χ0v) is 16.0. The number of hydrogen-bond donors (Lipinski definition) is 1. The quantitative estimate of drug-likeness (QED) is 0.865. The highest BCUT2D eigenvalue weighted by atomic mass is 32.1. The normalized spacial score (nSPS) is 15.1. The molecule has 0 aliphatic carbocycles. The minimum absolute atomic E-state index is 0.0101. The smallest absolute Gasteiger partial charge is 0.233 e. The Morgan fingerprint density at radius 3 is 2.69 bits per heavy atom. The van der Waals surface area contributed by atoms with Gasteiger partial charge in [0.1, 0.15) is 5.01 Å². The summed E-state index contributed by atoms with van der Waals surface area (Å²) in [5.74, 6) is 0.113. The third kappa shape index (κ3) is 4.68. The van der Waals surface area contributed by atoms with Crippen molar-refractivity contribution in [2.75, 3.05) is 39.8 Å². The van der Waals surface area contributed by atoms with Crippen LogP contribution in [0.1, 0.15) is 11.3 Å². The molecule has 2 amide bonds. The summed E-state index contributed by atoms with van der Waals surface area (Å²) >= 11 is 1.58. The number of rotatable bonds is 5. The maximum absolute atomic E-state index is 12.5. The monoisotopic (exact) mass is 372 g/mol. The summed E-state index contributed by atoms with van der Waals surface area (Å²) in [5, 5.41) is 5.55. The lowest BCUT2D eigenvalue weighted by Crippen LogP contribution is -2.51. The molecule has 0 atom stereocenters. The SMILES string of the molecule is CNC(=O)CN1CCN(C(=O)Cc2csc(-c3cccc(C)c3)n2)CC1. The van der Waals surface area contributed by atoms with Gasteiger partial charge < -0.3 is 10.2 Å². The highest BCUT2D eigenvalue weighted by molar-refractivity contribution is 7.13. The van der Waals surface area contributed by atoms with Crippen LogP contribution in [-0.4, -0.2) is 66.4 Å². The Morgan fingerprint density at radius 2 is 2.00 bits per heavy atom. The van der Waals surface area contributed by atoms with Crippen LogP contribution >= 0.6 is 11.3 Å². The van der Waals surface area contributed by atoms with Gasteiger partial charge in [-0.25, -0.2) is 4.98 Å². The summed E-state index contributed by atoms with van der Waals surface area (Å²) in [5.41, 5.74) is 3.12. The van der Waals surface area contributed by atoms with Gasteiger partial charge in [0.15, 0.2) is 0 Å². The van der Waals surface area contributed by atoms with E-state index in [0.29, 0.717) is 26.1 Å². The largest absolute Gasteiger partial charge is 0.358 e. The Balaban J connectivity index is 1.54. The minimum atomic E-state index is 0.0101. The molecule has 138 valence electrons. The van der Waals surface area contributed by atoms with E-state index in [9.17, 15) is 9.59 Å². The number of carbonyl (C=O) groups is 2. The summed E-state index contributed by atoms with van der Waals surface area (Å²) in [6.07, 6.45) is 0.331.